The number of amides is 1. The van der Waals surface area contributed by atoms with Crippen molar-refractivity contribution in [2.45, 2.75) is 25.5 Å². The zero-order valence-electron chi connectivity index (χ0n) is 13.5. The number of halogens is 2. The Morgan fingerprint density at radius 1 is 1.33 bits per heavy atom. The topological polar surface area (TPSA) is 47.4 Å². The monoisotopic (exact) mass is 335 g/mol. The molecule has 0 bridgehead atoms. The predicted octanol–water partition coefficient (Wildman–Crippen LogP) is 2.96. The summed E-state index contributed by atoms with van der Waals surface area (Å²) in [6.45, 7) is 2.54. The largest absolute Gasteiger partial charge is 0.374 e. The van der Waals surface area contributed by atoms with Crippen molar-refractivity contribution >= 4 is 5.91 Å². The highest BCUT2D eigenvalue weighted by molar-refractivity contribution is 5.95. The molecule has 1 aromatic heterocycles. The lowest BCUT2D eigenvalue weighted by Crippen LogP contribution is -2.47. The quantitative estimate of drug-likeness (QED) is 0.866. The van der Waals surface area contributed by atoms with Crippen LogP contribution in [0.5, 0.6) is 0 Å². The molecule has 0 unspecified atom stereocenters. The van der Waals surface area contributed by atoms with E-state index < -0.39 is 12.3 Å². The number of carbonyl (C=O) groups excluding carboxylic acids is 1. The first-order valence-electron chi connectivity index (χ1n) is 7.76. The van der Waals surface area contributed by atoms with Gasteiger partial charge in [0.2, 0.25) is 0 Å². The summed E-state index contributed by atoms with van der Waals surface area (Å²) >= 11 is 0. The normalized spacial score (nSPS) is 21.3. The van der Waals surface area contributed by atoms with Gasteiger partial charge in [0.15, 0.2) is 0 Å². The Bertz CT molecular complexity index is 718. The van der Waals surface area contributed by atoms with Crippen LogP contribution in [0.25, 0.3) is 0 Å². The fourth-order valence-electron chi connectivity index (χ4n) is 3.00. The number of hydrogen-bond donors (Lipinski definition) is 0. The van der Waals surface area contributed by atoms with Gasteiger partial charge in [0.05, 0.1) is 30.5 Å². The minimum atomic E-state index is -2.76. The standard InChI is InChI=1S/C17H19F2N3O2/c1-11-9-22(14(10-24-11)12-6-4-3-5-7-12)17(23)13-8-20-21(2)15(13)16(18)19/h3-8,11,14,16H,9-10H2,1-2H3/t11-,14-/m0/s1. The van der Waals surface area contributed by atoms with Gasteiger partial charge in [-0.15, -0.1) is 0 Å². The zero-order valence-corrected chi connectivity index (χ0v) is 13.5. The van der Waals surface area contributed by atoms with E-state index in [0.29, 0.717) is 13.2 Å². The zero-order chi connectivity index (χ0) is 17.3. The molecule has 2 aromatic rings. The molecule has 0 N–H and O–H groups in total. The van der Waals surface area contributed by atoms with Crippen LogP contribution in [0.1, 0.15) is 41.0 Å². The van der Waals surface area contributed by atoms with Crippen molar-refractivity contribution < 1.29 is 18.3 Å². The fraction of sp³-hybridized carbons (Fsp3) is 0.412. The average Bonchev–Trinajstić information content (AvgIpc) is 2.96. The van der Waals surface area contributed by atoms with Crippen molar-refractivity contribution in [3.63, 3.8) is 0 Å². The van der Waals surface area contributed by atoms with Crippen LogP contribution in [-0.2, 0) is 11.8 Å². The van der Waals surface area contributed by atoms with Crippen LogP contribution >= 0.6 is 0 Å². The third-order valence-electron chi connectivity index (χ3n) is 4.24. The van der Waals surface area contributed by atoms with E-state index in [1.54, 1.807) is 4.90 Å². The number of morpholine rings is 1. The van der Waals surface area contributed by atoms with E-state index in [1.807, 2.05) is 37.3 Å². The molecule has 0 spiro atoms. The van der Waals surface area contributed by atoms with Crippen LogP contribution in [0.15, 0.2) is 36.5 Å². The Hall–Kier alpha value is -2.28. The van der Waals surface area contributed by atoms with Crippen molar-refractivity contribution in [2.75, 3.05) is 13.2 Å². The molecule has 0 radical (unpaired) electrons. The van der Waals surface area contributed by atoms with E-state index in [2.05, 4.69) is 5.10 Å². The van der Waals surface area contributed by atoms with Gasteiger partial charge in [0.1, 0.15) is 5.69 Å². The van der Waals surface area contributed by atoms with E-state index in [1.165, 1.54) is 13.2 Å². The van der Waals surface area contributed by atoms with Crippen LogP contribution in [0.2, 0.25) is 0 Å². The summed E-state index contributed by atoms with van der Waals surface area (Å²) in [6, 6.07) is 9.15. The first kappa shape index (κ1) is 16.6. The molecule has 1 aliphatic heterocycles. The Morgan fingerprint density at radius 3 is 2.71 bits per heavy atom. The van der Waals surface area contributed by atoms with E-state index in [4.69, 9.17) is 4.74 Å². The highest BCUT2D eigenvalue weighted by Gasteiger charge is 2.35. The molecular weight excluding hydrogens is 316 g/mol. The van der Waals surface area contributed by atoms with Crippen LogP contribution < -0.4 is 0 Å². The summed E-state index contributed by atoms with van der Waals surface area (Å²) in [7, 11) is 1.41. The number of carbonyl (C=O) groups is 1. The number of ether oxygens (including phenoxy) is 1. The van der Waals surface area contributed by atoms with Crippen molar-refractivity contribution in [3.05, 3.63) is 53.3 Å². The summed E-state index contributed by atoms with van der Waals surface area (Å²) in [4.78, 5) is 14.6. The molecule has 24 heavy (non-hydrogen) atoms. The molecule has 0 aliphatic carbocycles. The Morgan fingerprint density at radius 2 is 2.04 bits per heavy atom. The molecule has 0 saturated carbocycles. The maximum atomic E-state index is 13.3. The van der Waals surface area contributed by atoms with Gasteiger partial charge in [-0.1, -0.05) is 30.3 Å². The molecule has 3 rings (SSSR count). The second-order valence-corrected chi connectivity index (χ2v) is 5.90. The second kappa shape index (κ2) is 6.68. The molecule has 5 nitrogen and oxygen atoms in total. The lowest BCUT2D eigenvalue weighted by Gasteiger charge is -2.39. The summed E-state index contributed by atoms with van der Waals surface area (Å²) in [5.74, 6) is -0.442. The maximum Gasteiger partial charge on any atom is 0.280 e. The first-order valence-corrected chi connectivity index (χ1v) is 7.76. The van der Waals surface area contributed by atoms with E-state index in [0.717, 1.165) is 10.2 Å². The molecule has 1 saturated heterocycles. The number of rotatable bonds is 3. The molecule has 2 heterocycles. The van der Waals surface area contributed by atoms with Crippen LogP contribution in [-0.4, -0.2) is 39.8 Å². The second-order valence-electron chi connectivity index (χ2n) is 5.90. The van der Waals surface area contributed by atoms with Gasteiger partial charge in [0.25, 0.3) is 12.3 Å². The van der Waals surface area contributed by atoms with Crippen LogP contribution in [0.4, 0.5) is 8.78 Å². The van der Waals surface area contributed by atoms with Crippen molar-refractivity contribution in [1.29, 1.82) is 0 Å². The van der Waals surface area contributed by atoms with Crippen LogP contribution in [0.3, 0.4) is 0 Å². The Kier molecular flexibility index (Phi) is 4.62. The third-order valence-corrected chi connectivity index (χ3v) is 4.24. The maximum absolute atomic E-state index is 13.3. The van der Waals surface area contributed by atoms with Gasteiger partial charge >= 0.3 is 0 Å². The predicted molar refractivity (Wildman–Crippen MR) is 83.8 cm³/mol. The Labute approximate surface area is 138 Å². The molecule has 2 atom stereocenters. The van der Waals surface area contributed by atoms with E-state index in [9.17, 15) is 13.6 Å². The minimum absolute atomic E-state index is 0.0532. The van der Waals surface area contributed by atoms with Crippen molar-refractivity contribution in [2.24, 2.45) is 7.05 Å². The number of benzene rings is 1. The molecule has 1 aliphatic rings. The highest BCUT2D eigenvalue weighted by atomic mass is 19.3. The summed E-state index contributed by atoms with van der Waals surface area (Å²) < 4.78 is 33.3. The van der Waals surface area contributed by atoms with Crippen LogP contribution in [0, 0.1) is 0 Å². The number of aryl methyl sites for hydroxylation is 1. The summed E-state index contributed by atoms with van der Waals surface area (Å²) in [6.07, 6.45) is -1.70. The molecule has 1 fully saturated rings. The van der Waals surface area contributed by atoms with Gasteiger partial charge in [-0.3, -0.25) is 9.48 Å². The van der Waals surface area contributed by atoms with Gasteiger partial charge in [0, 0.05) is 13.6 Å². The lowest BCUT2D eigenvalue weighted by atomic mass is 10.0. The van der Waals surface area contributed by atoms with Gasteiger partial charge in [-0.05, 0) is 12.5 Å². The number of hydrogen-bond acceptors (Lipinski definition) is 3. The molecule has 1 amide bonds. The van der Waals surface area contributed by atoms with Gasteiger partial charge in [-0.25, -0.2) is 8.78 Å². The average molecular weight is 335 g/mol. The highest BCUT2D eigenvalue weighted by Crippen LogP contribution is 2.30. The van der Waals surface area contributed by atoms with Gasteiger partial charge in [-0.2, -0.15) is 5.10 Å². The summed E-state index contributed by atoms with van der Waals surface area (Å²) in [5, 5.41) is 3.83. The van der Waals surface area contributed by atoms with Crippen molar-refractivity contribution in [1.82, 2.24) is 14.7 Å². The minimum Gasteiger partial charge on any atom is -0.374 e. The number of alkyl halides is 2. The molecule has 1 aromatic carbocycles. The van der Waals surface area contributed by atoms with Crippen molar-refractivity contribution in [3.8, 4) is 0 Å². The fourth-order valence-corrected chi connectivity index (χ4v) is 3.00. The number of nitrogens with zero attached hydrogens (tertiary/aromatic N) is 3. The molecule has 7 heteroatoms. The number of aromatic nitrogens is 2. The van der Waals surface area contributed by atoms with E-state index in [-0.39, 0.29) is 23.4 Å². The molecule has 128 valence electrons. The SMILES string of the molecule is C[C@H]1CN(C(=O)c2cnn(C)c2C(F)F)[C@H](c2ccccc2)CO1. The summed E-state index contributed by atoms with van der Waals surface area (Å²) in [5.41, 5.74) is 0.508. The molecular formula is C17H19F2N3O2. The van der Waals surface area contributed by atoms with E-state index >= 15 is 0 Å². The smallest absolute Gasteiger partial charge is 0.280 e. The Balaban J connectivity index is 1.96. The first-order chi connectivity index (χ1) is 11.5. The lowest BCUT2D eigenvalue weighted by molar-refractivity contribution is -0.0449. The third kappa shape index (κ3) is 3.03. The van der Waals surface area contributed by atoms with Gasteiger partial charge < -0.3 is 9.64 Å².